The molecule has 0 radical (unpaired) electrons. The zero-order chi connectivity index (χ0) is 39.7. The molecule has 9 nitrogen and oxygen atoms in total. The number of rotatable bonds is 12. The average molecular weight is 787 g/mol. The number of hydrogen-bond donors (Lipinski definition) is 1. The summed E-state index contributed by atoms with van der Waals surface area (Å²) in [6, 6.07) is 37.5. The minimum Gasteiger partial charge on any atom is -0.476 e. The molecule has 2 aromatic heterocycles. The van der Waals surface area contributed by atoms with Crippen LogP contribution in [0.3, 0.4) is 0 Å². The number of nitrogens with zero attached hydrogens (tertiary/aromatic N) is 6. The van der Waals surface area contributed by atoms with Gasteiger partial charge < -0.3 is 14.1 Å². The Hall–Kier alpha value is -6.53. The molecule has 0 bridgehead atoms. The van der Waals surface area contributed by atoms with Crippen molar-refractivity contribution < 1.29 is 27.5 Å². The van der Waals surface area contributed by atoms with Gasteiger partial charge in [-0.05, 0) is 51.1 Å². The van der Waals surface area contributed by atoms with Crippen molar-refractivity contribution in [2.75, 3.05) is 0 Å². The Bertz CT molecular complexity index is 2530. The van der Waals surface area contributed by atoms with Crippen LogP contribution in [0.15, 0.2) is 138 Å². The van der Waals surface area contributed by atoms with Gasteiger partial charge in [0.15, 0.2) is 16.4 Å². The number of fused-ring (bicyclic) bond motifs is 1. The zero-order valence-electron chi connectivity index (χ0n) is 30.5. The quantitative estimate of drug-likeness (QED) is 0.123. The number of benzene rings is 4. The van der Waals surface area contributed by atoms with E-state index in [1.165, 1.54) is 16.9 Å². The second kappa shape index (κ2) is 15.2. The summed E-state index contributed by atoms with van der Waals surface area (Å²) in [5.74, 6) is -0.702. The van der Waals surface area contributed by atoms with E-state index in [4.69, 9.17) is 21.1 Å². The molecule has 0 saturated heterocycles. The number of aryl methyl sites for hydroxylation is 1. The highest BCUT2D eigenvalue weighted by molar-refractivity contribution is 6.32. The Kier molecular flexibility index (Phi) is 9.97. The first-order valence-electron chi connectivity index (χ1n) is 18.3. The van der Waals surface area contributed by atoms with E-state index in [-0.39, 0.29) is 51.0 Å². The molecular weight excluding hydrogens is 753 g/mol. The molecule has 1 aliphatic carbocycles. The molecule has 286 valence electrons. The first kappa shape index (κ1) is 37.4. The minimum absolute atomic E-state index is 0.110. The molecule has 1 N–H and O–H groups in total. The van der Waals surface area contributed by atoms with Crippen LogP contribution in [0.1, 0.15) is 63.9 Å². The summed E-state index contributed by atoms with van der Waals surface area (Å²) in [5, 5.41) is 23.9. The van der Waals surface area contributed by atoms with E-state index >= 15 is 13.2 Å². The molecule has 0 unspecified atom stereocenters. The summed E-state index contributed by atoms with van der Waals surface area (Å²) in [6.45, 7) is 1.74. The fourth-order valence-electron chi connectivity index (χ4n) is 7.69. The van der Waals surface area contributed by atoms with Gasteiger partial charge in [-0.15, -0.1) is 15.0 Å². The summed E-state index contributed by atoms with van der Waals surface area (Å²) in [5.41, 5.74) is 1.49. The normalized spacial score (nSPS) is 12.0. The van der Waals surface area contributed by atoms with Crippen molar-refractivity contribution in [3.63, 3.8) is 0 Å². The van der Waals surface area contributed by atoms with Gasteiger partial charge in [0, 0.05) is 23.1 Å². The molecule has 4 aromatic carbocycles. The van der Waals surface area contributed by atoms with Crippen LogP contribution in [0.2, 0.25) is 5.15 Å². The summed E-state index contributed by atoms with van der Waals surface area (Å²) < 4.78 is 52.1. The number of halogens is 4. The third-order valence-electron chi connectivity index (χ3n) is 10.2. The van der Waals surface area contributed by atoms with Crippen LogP contribution in [0.25, 0.3) is 33.6 Å². The van der Waals surface area contributed by atoms with Crippen molar-refractivity contribution >= 4 is 17.6 Å². The second-order valence-electron chi connectivity index (χ2n) is 13.6. The Balaban J connectivity index is 1.27. The van der Waals surface area contributed by atoms with Gasteiger partial charge in [-0.3, -0.25) is 0 Å². The van der Waals surface area contributed by atoms with Crippen molar-refractivity contribution in [1.29, 1.82) is 0 Å². The SMILES string of the molecule is CCCCc1nc(Cl)c(C(=O)O)n1Cc1c2ccocc-2c(C(F)(F)F)c1-c1ccc(-c2nnn(C(c3ccccc3)(c3ccccc3)c3ccccc3)n2)cc1. The standard InChI is InChI=1S/C44H34ClF3N6O3/c1-2-3-19-36-49-40(45)39(42(55)56)53(36)26-34-33-24-25-57-27-35(33)38(44(46,47)48)37(34)28-20-22-29(23-21-28)41-50-52-54(51-41)43(30-13-7-4-8-14-30,31-15-9-5-10-16-31)32-17-11-6-12-18-32/h4-18,20-25,27H,2-3,19,26H2,1H3,(H,55,56). The molecule has 0 fully saturated rings. The summed E-state index contributed by atoms with van der Waals surface area (Å²) >= 11 is 6.33. The highest BCUT2D eigenvalue weighted by Gasteiger charge is 2.43. The smallest absolute Gasteiger partial charge is 0.417 e. The van der Waals surface area contributed by atoms with E-state index in [0.717, 1.165) is 29.4 Å². The number of carboxylic acid groups (broad SMARTS) is 1. The average Bonchev–Trinajstić information content (AvgIpc) is 3.93. The minimum atomic E-state index is -4.80. The largest absolute Gasteiger partial charge is 0.476 e. The number of hydrogen-bond acceptors (Lipinski definition) is 6. The maximum atomic E-state index is 15.1. The van der Waals surface area contributed by atoms with Crippen LogP contribution in [0, 0.1) is 0 Å². The Morgan fingerprint density at radius 3 is 1.93 bits per heavy atom. The molecule has 6 aromatic rings. The maximum absolute atomic E-state index is 15.1. The van der Waals surface area contributed by atoms with Gasteiger partial charge in [-0.2, -0.15) is 13.2 Å². The first-order chi connectivity index (χ1) is 27.6. The van der Waals surface area contributed by atoms with Gasteiger partial charge in [0.25, 0.3) is 0 Å². The van der Waals surface area contributed by atoms with Crippen molar-refractivity contribution in [2.45, 2.75) is 44.4 Å². The number of carboxylic acids is 1. The van der Waals surface area contributed by atoms with Gasteiger partial charge >= 0.3 is 12.1 Å². The lowest BCUT2D eigenvalue weighted by Gasteiger charge is -2.34. The molecule has 0 saturated carbocycles. The number of aromatic nitrogens is 6. The van der Waals surface area contributed by atoms with Gasteiger partial charge in [0.2, 0.25) is 5.82 Å². The Labute approximate surface area is 330 Å². The van der Waals surface area contributed by atoms with Crippen LogP contribution < -0.4 is 0 Å². The molecular formula is C44H34ClF3N6O3. The highest BCUT2D eigenvalue weighted by atomic mass is 35.5. The molecule has 1 aliphatic heterocycles. The molecule has 0 spiro atoms. The lowest BCUT2D eigenvalue weighted by atomic mass is 9.77. The molecule has 3 heterocycles. The van der Waals surface area contributed by atoms with E-state index in [9.17, 15) is 9.90 Å². The molecule has 0 atom stereocenters. The van der Waals surface area contributed by atoms with E-state index in [1.807, 2.05) is 97.9 Å². The number of unbranched alkanes of at least 4 members (excludes halogenated alkanes) is 1. The zero-order valence-corrected chi connectivity index (χ0v) is 31.2. The van der Waals surface area contributed by atoms with Crippen LogP contribution in [-0.4, -0.2) is 40.8 Å². The van der Waals surface area contributed by atoms with E-state index in [2.05, 4.69) is 15.3 Å². The first-order valence-corrected chi connectivity index (χ1v) is 18.6. The van der Waals surface area contributed by atoms with Gasteiger partial charge in [-0.1, -0.05) is 140 Å². The topological polar surface area (TPSA) is 112 Å². The van der Waals surface area contributed by atoms with E-state index < -0.39 is 23.2 Å². The highest BCUT2D eigenvalue weighted by Crippen LogP contribution is 2.51. The predicted molar refractivity (Wildman–Crippen MR) is 209 cm³/mol. The Morgan fingerprint density at radius 1 is 0.807 bits per heavy atom. The third kappa shape index (κ3) is 6.65. The lowest BCUT2D eigenvalue weighted by molar-refractivity contribution is -0.136. The van der Waals surface area contributed by atoms with Crippen molar-refractivity contribution in [1.82, 2.24) is 29.8 Å². The van der Waals surface area contributed by atoms with Crippen molar-refractivity contribution in [2.24, 2.45) is 0 Å². The maximum Gasteiger partial charge on any atom is 0.417 e. The van der Waals surface area contributed by atoms with Crippen molar-refractivity contribution in [3.05, 3.63) is 178 Å². The fourth-order valence-corrected chi connectivity index (χ4v) is 7.97. The number of carbonyl (C=O) groups is 1. The summed E-state index contributed by atoms with van der Waals surface area (Å²) in [4.78, 5) is 18.3. The molecule has 13 heteroatoms. The number of aromatic carboxylic acids is 1. The molecule has 0 amide bonds. The molecule has 8 rings (SSSR count). The summed E-state index contributed by atoms with van der Waals surface area (Å²) in [7, 11) is 0. The van der Waals surface area contributed by atoms with Crippen LogP contribution in [0.4, 0.5) is 13.2 Å². The van der Waals surface area contributed by atoms with Crippen LogP contribution in [0.5, 0.6) is 0 Å². The molecule has 2 aliphatic rings. The van der Waals surface area contributed by atoms with E-state index in [0.29, 0.717) is 24.2 Å². The van der Waals surface area contributed by atoms with Gasteiger partial charge in [0.05, 0.1) is 24.6 Å². The van der Waals surface area contributed by atoms with Crippen LogP contribution >= 0.6 is 11.6 Å². The van der Waals surface area contributed by atoms with Crippen LogP contribution in [-0.2, 0) is 24.7 Å². The van der Waals surface area contributed by atoms with Gasteiger partial charge in [0.1, 0.15) is 5.82 Å². The second-order valence-corrected chi connectivity index (χ2v) is 13.9. The fraction of sp³-hybridized carbons (Fsp3) is 0.159. The van der Waals surface area contributed by atoms with E-state index in [1.54, 1.807) is 29.1 Å². The van der Waals surface area contributed by atoms with Crippen molar-refractivity contribution in [3.8, 4) is 33.6 Å². The third-order valence-corrected chi connectivity index (χ3v) is 10.5. The number of imidazole rings is 1. The summed E-state index contributed by atoms with van der Waals surface area (Å²) in [6.07, 6.45) is -0.576. The molecule has 57 heavy (non-hydrogen) atoms. The number of tetrazole rings is 1. The monoisotopic (exact) mass is 786 g/mol. The Morgan fingerprint density at radius 2 is 1.39 bits per heavy atom. The predicted octanol–water partition coefficient (Wildman–Crippen LogP) is 10.5. The number of alkyl halides is 3. The van der Waals surface area contributed by atoms with Gasteiger partial charge in [-0.25, -0.2) is 9.78 Å². The lowest BCUT2D eigenvalue weighted by Crippen LogP contribution is -2.39.